The Labute approximate surface area is 184 Å². The van der Waals surface area contributed by atoms with Crippen LogP contribution in [0.1, 0.15) is 22.8 Å². The van der Waals surface area contributed by atoms with E-state index in [0.717, 1.165) is 0 Å². The third kappa shape index (κ3) is 4.31. The van der Waals surface area contributed by atoms with Crippen molar-refractivity contribution in [2.45, 2.75) is 41.8 Å². The van der Waals surface area contributed by atoms with Crippen LogP contribution in [0.25, 0.3) is 0 Å². The van der Waals surface area contributed by atoms with Crippen molar-refractivity contribution in [3.63, 3.8) is 0 Å². The SMILES string of the molecule is O=S1(=O)CCOc2ccc(Cc3cc([C@@H]4O[C@H](CO)[C@@H](O)[C@H](O)[C@H]4O)ccc3Cl)cc21. The fourth-order valence-corrected chi connectivity index (χ4v) is 5.37. The highest BCUT2D eigenvalue weighted by molar-refractivity contribution is 7.91. The van der Waals surface area contributed by atoms with Crippen molar-refractivity contribution in [3.05, 3.63) is 58.1 Å². The molecule has 4 rings (SSSR count). The molecule has 2 aliphatic heterocycles. The third-order valence-corrected chi connectivity index (χ3v) is 7.70. The Hall–Kier alpha value is -1.72. The summed E-state index contributed by atoms with van der Waals surface area (Å²) in [6.45, 7) is -0.394. The quantitative estimate of drug-likeness (QED) is 0.511. The second kappa shape index (κ2) is 8.67. The number of hydrogen-bond acceptors (Lipinski definition) is 8. The monoisotopic (exact) mass is 470 g/mol. The van der Waals surface area contributed by atoms with Gasteiger partial charge in [-0.05, 0) is 41.3 Å². The Morgan fingerprint density at radius 1 is 1.03 bits per heavy atom. The zero-order valence-electron chi connectivity index (χ0n) is 16.4. The first-order chi connectivity index (χ1) is 14.7. The normalized spacial score (nSPS) is 29.8. The fourth-order valence-electron chi connectivity index (χ4n) is 3.90. The molecular weight excluding hydrogens is 448 g/mol. The van der Waals surface area contributed by atoms with Crippen LogP contribution in [0, 0.1) is 0 Å². The van der Waals surface area contributed by atoms with Crippen LogP contribution in [0.4, 0.5) is 0 Å². The van der Waals surface area contributed by atoms with Crippen LogP contribution in [0.15, 0.2) is 41.3 Å². The molecule has 0 aromatic heterocycles. The second-order valence-corrected chi connectivity index (χ2v) is 10.2. The number of ether oxygens (including phenoxy) is 2. The first kappa shape index (κ1) is 22.5. The Morgan fingerprint density at radius 2 is 1.81 bits per heavy atom. The summed E-state index contributed by atoms with van der Waals surface area (Å²) in [7, 11) is -3.41. The first-order valence-corrected chi connectivity index (χ1v) is 11.8. The molecule has 10 heteroatoms. The van der Waals surface area contributed by atoms with Crippen LogP contribution in [0.2, 0.25) is 5.02 Å². The van der Waals surface area contributed by atoms with Gasteiger partial charge in [0.05, 0.1) is 12.4 Å². The number of hydrogen-bond donors (Lipinski definition) is 4. The minimum absolute atomic E-state index is 0.0726. The van der Waals surface area contributed by atoms with Gasteiger partial charge in [0.1, 0.15) is 47.8 Å². The van der Waals surface area contributed by atoms with Gasteiger partial charge in [-0.2, -0.15) is 0 Å². The molecule has 0 radical (unpaired) electrons. The summed E-state index contributed by atoms with van der Waals surface area (Å²) in [5, 5.41) is 40.3. The molecule has 1 fully saturated rings. The number of rotatable bonds is 4. The zero-order valence-corrected chi connectivity index (χ0v) is 18.0. The summed E-state index contributed by atoms with van der Waals surface area (Å²) in [4.78, 5) is 0.150. The second-order valence-electron chi connectivity index (χ2n) is 7.73. The lowest BCUT2D eigenvalue weighted by atomic mass is 9.90. The van der Waals surface area contributed by atoms with Crippen molar-refractivity contribution in [3.8, 4) is 5.75 Å². The summed E-state index contributed by atoms with van der Waals surface area (Å²) < 4.78 is 35.7. The standard InChI is InChI=1S/C21H23ClO8S/c22-14-3-2-12(21-20(26)19(25)18(24)16(10-23)30-21)9-13(14)7-11-1-4-15-17(8-11)31(27,28)6-5-29-15/h1-4,8-9,16,18-21,23-26H,5-7,10H2/t16-,18-,19+,20-,21+/m1/s1. The molecule has 0 bridgehead atoms. The van der Waals surface area contributed by atoms with Crippen molar-refractivity contribution >= 4 is 21.4 Å². The van der Waals surface area contributed by atoms with Gasteiger partial charge in [0, 0.05) is 5.02 Å². The van der Waals surface area contributed by atoms with Crippen molar-refractivity contribution in [1.29, 1.82) is 0 Å². The van der Waals surface area contributed by atoms with Crippen LogP contribution in [0.3, 0.4) is 0 Å². The average Bonchev–Trinajstić information content (AvgIpc) is 2.74. The Bertz CT molecular complexity index is 1070. The lowest BCUT2D eigenvalue weighted by molar-refractivity contribution is -0.231. The maximum absolute atomic E-state index is 12.3. The van der Waals surface area contributed by atoms with E-state index in [2.05, 4.69) is 0 Å². The van der Waals surface area contributed by atoms with Crippen molar-refractivity contribution < 1.29 is 38.3 Å². The molecule has 0 saturated carbocycles. The zero-order chi connectivity index (χ0) is 22.3. The number of benzene rings is 2. The third-order valence-electron chi connectivity index (χ3n) is 5.64. The molecule has 0 unspecified atom stereocenters. The minimum atomic E-state index is -3.41. The number of sulfone groups is 1. The summed E-state index contributed by atoms with van der Waals surface area (Å²) >= 11 is 6.35. The topological polar surface area (TPSA) is 134 Å². The molecule has 2 aromatic carbocycles. The molecule has 8 nitrogen and oxygen atoms in total. The molecule has 0 amide bonds. The van der Waals surface area contributed by atoms with Crippen LogP contribution >= 0.6 is 11.6 Å². The molecule has 0 aliphatic carbocycles. The minimum Gasteiger partial charge on any atom is -0.491 e. The number of fused-ring (bicyclic) bond motifs is 1. The van der Waals surface area contributed by atoms with Crippen LogP contribution in [-0.2, 0) is 21.0 Å². The molecule has 0 spiro atoms. The van der Waals surface area contributed by atoms with Gasteiger partial charge in [-0.25, -0.2) is 8.42 Å². The number of halogens is 1. The van der Waals surface area contributed by atoms with Gasteiger partial charge in [0.2, 0.25) is 0 Å². The van der Waals surface area contributed by atoms with Gasteiger partial charge in [0.15, 0.2) is 9.84 Å². The highest BCUT2D eigenvalue weighted by atomic mass is 35.5. The first-order valence-electron chi connectivity index (χ1n) is 9.78. The number of aliphatic hydroxyl groups excluding tert-OH is 4. The Kier molecular flexibility index (Phi) is 6.28. The molecular formula is C21H23ClO8S. The van der Waals surface area contributed by atoms with Gasteiger partial charge in [-0.15, -0.1) is 0 Å². The summed E-state index contributed by atoms with van der Waals surface area (Å²) in [6, 6.07) is 9.89. The highest BCUT2D eigenvalue weighted by Crippen LogP contribution is 2.35. The predicted octanol–water partition coefficient (Wildman–Crippen LogP) is 0.612. The van der Waals surface area contributed by atoms with E-state index in [1.54, 1.807) is 36.4 Å². The maximum atomic E-state index is 12.3. The van der Waals surface area contributed by atoms with E-state index < -0.39 is 47.0 Å². The molecule has 2 heterocycles. The molecule has 168 valence electrons. The van der Waals surface area contributed by atoms with Gasteiger partial charge in [-0.3, -0.25) is 0 Å². The van der Waals surface area contributed by atoms with Crippen molar-refractivity contribution in [2.75, 3.05) is 19.0 Å². The molecule has 1 saturated heterocycles. The lowest BCUT2D eigenvalue weighted by Crippen LogP contribution is -2.55. The van der Waals surface area contributed by atoms with E-state index in [1.807, 2.05) is 0 Å². The summed E-state index contributed by atoms with van der Waals surface area (Å²) in [5.74, 6) is 0.257. The number of aliphatic hydroxyl groups is 4. The molecule has 5 atom stereocenters. The molecule has 2 aromatic rings. The van der Waals surface area contributed by atoms with E-state index in [0.29, 0.717) is 33.9 Å². The summed E-state index contributed by atoms with van der Waals surface area (Å²) in [5.41, 5.74) is 1.87. The van der Waals surface area contributed by atoms with E-state index in [4.69, 9.17) is 21.1 Å². The van der Waals surface area contributed by atoms with E-state index in [9.17, 15) is 28.8 Å². The van der Waals surface area contributed by atoms with E-state index >= 15 is 0 Å². The lowest BCUT2D eigenvalue weighted by Gasteiger charge is -2.40. The van der Waals surface area contributed by atoms with Gasteiger partial charge >= 0.3 is 0 Å². The van der Waals surface area contributed by atoms with Crippen LogP contribution in [0.5, 0.6) is 5.75 Å². The van der Waals surface area contributed by atoms with E-state index in [-0.39, 0.29) is 17.3 Å². The average molecular weight is 471 g/mol. The van der Waals surface area contributed by atoms with Gasteiger partial charge in [-0.1, -0.05) is 29.8 Å². The summed E-state index contributed by atoms with van der Waals surface area (Å²) in [6.07, 6.45) is -6.02. The van der Waals surface area contributed by atoms with Gasteiger partial charge in [0.25, 0.3) is 0 Å². The highest BCUT2D eigenvalue weighted by Gasteiger charge is 2.44. The smallest absolute Gasteiger partial charge is 0.185 e. The predicted molar refractivity (Wildman–Crippen MR) is 111 cm³/mol. The van der Waals surface area contributed by atoms with Crippen molar-refractivity contribution in [1.82, 2.24) is 0 Å². The van der Waals surface area contributed by atoms with Gasteiger partial charge < -0.3 is 29.9 Å². The fraction of sp³-hybridized carbons (Fsp3) is 0.429. The maximum Gasteiger partial charge on any atom is 0.185 e. The van der Waals surface area contributed by atoms with E-state index in [1.165, 1.54) is 0 Å². The molecule has 31 heavy (non-hydrogen) atoms. The molecule has 2 aliphatic rings. The van der Waals surface area contributed by atoms with Crippen LogP contribution in [-0.4, -0.2) is 72.2 Å². The van der Waals surface area contributed by atoms with Crippen molar-refractivity contribution in [2.24, 2.45) is 0 Å². The largest absolute Gasteiger partial charge is 0.491 e. The van der Waals surface area contributed by atoms with Crippen LogP contribution < -0.4 is 4.74 Å². The Balaban J connectivity index is 1.64. The molecule has 4 N–H and O–H groups in total. The Morgan fingerprint density at radius 3 is 2.55 bits per heavy atom.